The van der Waals surface area contributed by atoms with E-state index in [0.717, 1.165) is 36.1 Å². The number of carbonyl (C=O) groups is 1. The lowest BCUT2D eigenvalue weighted by molar-refractivity contribution is 0.102. The van der Waals surface area contributed by atoms with E-state index in [1.54, 1.807) is 29.2 Å². The van der Waals surface area contributed by atoms with Crippen LogP contribution in [0, 0.1) is 17.8 Å². The molecule has 6 rings (SSSR count). The standard InChI is InChI=1S/C25H29N5O3/c1-4-29-12-17-18(13-29)19(17)14-32-22-9-21-15(10-25(2,3)33-21)8-20(22)28-24(31)16-11-27-30-7-5-6-26-23(16)30/h5-9,11,17-19H,4,10,12-14H2,1-3H3,(H,28,31)/t17-,18+,19?. The fourth-order valence-corrected chi connectivity index (χ4v) is 5.45. The maximum atomic E-state index is 13.2. The van der Waals surface area contributed by atoms with Crippen LogP contribution in [-0.4, -0.2) is 57.2 Å². The summed E-state index contributed by atoms with van der Waals surface area (Å²) in [6.45, 7) is 10.5. The SMILES string of the molecule is CCN1C[C@@H]2C(COc3cc4c(cc3NC(=O)c3cnn5cccnc35)CC(C)(C)O4)[C@@H]2C1. The molecule has 2 aliphatic heterocycles. The van der Waals surface area contributed by atoms with E-state index in [0.29, 0.717) is 35.2 Å². The number of aromatic nitrogens is 3. The Morgan fingerprint density at radius 3 is 2.91 bits per heavy atom. The minimum Gasteiger partial charge on any atom is -0.491 e. The quantitative estimate of drug-likeness (QED) is 0.625. The van der Waals surface area contributed by atoms with Gasteiger partial charge >= 0.3 is 0 Å². The number of likely N-dealkylation sites (tertiary alicyclic amines) is 1. The van der Waals surface area contributed by atoms with Crippen molar-refractivity contribution in [1.29, 1.82) is 0 Å². The highest BCUT2D eigenvalue weighted by Crippen LogP contribution is 2.52. The second-order valence-corrected chi connectivity index (χ2v) is 10.0. The zero-order chi connectivity index (χ0) is 22.7. The number of anilines is 1. The number of benzene rings is 1. The van der Waals surface area contributed by atoms with Crippen molar-refractivity contribution in [1.82, 2.24) is 19.5 Å². The molecule has 4 heterocycles. The Hall–Kier alpha value is -3.13. The van der Waals surface area contributed by atoms with Crippen LogP contribution in [0.5, 0.6) is 11.5 Å². The van der Waals surface area contributed by atoms with E-state index in [1.807, 2.05) is 12.1 Å². The second-order valence-electron chi connectivity index (χ2n) is 10.0. The van der Waals surface area contributed by atoms with Gasteiger partial charge in [-0.25, -0.2) is 9.50 Å². The van der Waals surface area contributed by atoms with E-state index in [-0.39, 0.29) is 11.5 Å². The Kier molecular flexibility index (Phi) is 4.62. The van der Waals surface area contributed by atoms with Gasteiger partial charge in [0.2, 0.25) is 0 Å². The van der Waals surface area contributed by atoms with Crippen LogP contribution in [0.15, 0.2) is 36.8 Å². The van der Waals surface area contributed by atoms with Gasteiger partial charge in [-0.3, -0.25) is 4.79 Å². The van der Waals surface area contributed by atoms with Gasteiger partial charge in [0.1, 0.15) is 22.7 Å². The average molecular weight is 448 g/mol. The summed E-state index contributed by atoms with van der Waals surface area (Å²) >= 11 is 0. The minimum absolute atomic E-state index is 0.256. The monoisotopic (exact) mass is 447 g/mol. The number of nitrogens with zero attached hydrogens (tertiary/aromatic N) is 4. The number of hydrogen-bond acceptors (Lipinski definition) is 6. The van der Waals surface area contributed by atoms with Crippen molar-refractivity contribution in [2.75, 3.05) is 31.6 Å². The molecule has 0 bridgehead atoms. The van der Waals surface area contributed by atoms with Gasteiger partial charge < -0.3 is 19.7 Å². The van der Waals surface area contributed by atoms with Crippen molar-refractivity contribution < 1.29 is 14.3 Å². The molecule has 1 aliphatic carbocycles. The van der Waals surface area contributed by atoms with Gasteiger partial charge in [0.05, 0.1) is 18.5 Å². The highest BCUT2D eigenvalue weighted by atomic mass is 16.5. The summed E-state index contributed by atoms with van der Waals surface area (Å²) in [5, 5.41) is 7.28. The normalized spacial score (nSPS) is 24.9. The lowest BCUT2D eigenvalue weighted by Gasteiger charge is -2.19. The zero-order valence-corrected chi connectivity index (χ0v) is 19.2. The summed E-state index contributed by atoms with van der Waals surface area (Å²) in [6.07, 6.45) is 5.75. The molecule has 172 valence electrons. The Morgan fingerprint density at radius 1 is 1.30 bits per heavy atom. The van der Waals surface area contributed by atoms with E-state index in [2.05, 4.69) is 41.1 Å². The predicted octanol–water partition coefficient (Wildman–Crippen LogP) is 3.27. The molecular weight excluding hydrogens is 418 g/mol. The molecule has 3 aromatic rings. The lowest BCUT2D eigenvalue weighted by Crippen LogP contribution is -2.25. The summed E-state index contributed by atoms with van der Waals surface area (Å²) in [6, 6.07) is 5.70. The molecule has 1 amide bonds. The van der Waals surface area contributed by atoms with Crippen LogP contribution in [0.4, 0.5) is 5.69 Å². The Morgan fingerprint density at radius 2 is 2.12 bits per heavy atom. The van der Waals surface area contributed by atoms with E-state index in [4.69, 9.17) is 9.47 Å². The largest absolute Gasteiger partial charge is 0.491 e. The van der Waals surface area contributed by atoms with Crippen LogP contribution in [-0.2, 0) is 6.42 Å². The van der Waals surface area contributed by atoms with Crippen LogP contribution in [0.1, 0.15) is 36.7 Å². The molecule has 1 saturated heterocycles. The van der Waals surface area contributed by atoms with Crippen molar-refractivity contribution in [2.45, 2.75) is 32.8 Å². The molecule has 8 nitrogen and oxygen atoms in total. The molecule has 1 saturated carbocycles. The summed E-state index contributed by atoms with van der Waals surface area (Å²) < 4.78 is 14.0. The van der Waals surface area contributed by atoms with Gasteiger partial charge in [0.15, 0.2) is 5.65 Å². The molecule has 1 unspecified atom stereocenters. The summed E-state index contributed by atoms with van der Waals surface area (Å²) in [7, 11) is 0. The fourth-order valence-electron chi connectivity index (χ4n) is 5.45. The molecule has 0 radical (unpaired) electrons. The maximum absolute atomic E-state index is 13.2. The number of amides is 1. The third-order valence-corrected chi connectivity index (χ3v) is 7.26. The molecule has 3 atom stereocenters. The van der Waals surface area contributed by atoms with Crippen molar-refractivity contribution in [3.8, 4) is 11.5 Å². The van der Waals surface area contributed by atoms with Crippen LogP contribution >= 0.6 is 0 Å². The number of piperidine rings is 1. The molecule has 0 spiro atoms. The van der Waals surface area contributed by atoms with Gasteiger partial charge in [-0.2, -0.15) is 5.10 Å². The van der Waals surface area contributed by atoms with Gasteiger partial charge in [0.25, 0.3) is 5.91 Å². The van der Waals surface area contributed by atoms with Crippen LogP contribution in [0.25, 0.3) is 5.65 Å². The summed E-state index contributed by atoms with van der Waals surface area (Å²) in [5.74, 6) is 3.29. The van der Waals surface area contributed by atoms with Crippen molar-refractivity contribution in [3.05, 3.63) is 47.9 Å². The van der Waals surface area contributed by atoms with Crippen LogP contribution in [0.2, 0.25) is 0 Å². The summed E-state index contributed by atoms with van der Waals surface area (Å²) in [5.41, 5.74) is 2.41. The Balaban J connectivity index is 1.24. The van der Waals surface area contributed by atoms with Gasteiger partial charge in [0, 0.05) is 49.5 Å². The Labute approximate surface area is 192 Å². The smallest absolute Gasteiger partial charge is 0.261 e. The first-order chi connectivity index (χ1) is 15.9. The van der Waals surface area contributed by atoms with Gasteiger partial charge in [-0.1, -0.05) is 6.92 Å². The molecule has 2 fully saturated rings. The average Bonchev–Trinajstić information content (AvgIpc) is 3.16. The van der Waals surface area contributed by atoms with Gasteiger partial charge in [-0.15, -0.1) is 0 Å². The molecule has 8 heteroatoms. The van der Waals surface area contributed by atoms with Gasteiger partial charge in [-0.05, 0) is 44.4 Å². The third kappa shape index (κ3) is 3.62. The van der Waals surface area contributed by atoms with Crippen LogP contribution < -0.4 is 14.8 Å². The molecular formula is C25H29N5O3. The first-order valence-corrected chi connectivity index (χ1v) is 11.7. The van der Waals surface area contributed by atoms with Crippen LogP contribution in [0.3, 0.4) is 0 Å². The number of hydrogen-bond donors (Lipinski definition) is 1. The lowest BCUT2D eigenvalue weighted by atomic mass is 10.0. The molecule has 33 heavy (non-hydrogen) atoms. The number of fused-ring (bicyclic) bond motifs is 3. The first kappa shape index (κ1) is 20.5. The molecule has 1 aromatic carbocycles. The third-order valence-electron chi connectivity index (χ3n) is 7.26. The first-order valence-electron chi connectivity index (χ1n) is 11.7. The highest BCUT2D eigenvalue weighted by Gasteiger charge is 2.55. The van der Waals surface area contributed by atoms with Crippen molar-refractivity contribution in [3.63, 3.8) is 0 Å². The van der Waals surface area contributed by atoms with E-state index < -0.39 is 0 Å². The maximum Gasteiger partial charge on any atom is 0.261 e. The topological polar surface area (TPSA) is 81.0 Å². The summed E-state index contributed by atoms with van der Waals surface area (Å²) in [4.78, 5) is 20.0. The molecule has 3 aliphatic rings. The molecule has 2 aromatic heterocycles. The minimum atomic E-state index is -0.272. The Bertz CT molecular complexity index is 1220. The van der Waals surface area contributed by atoms with E-state index >= 15 is 0 Å². The highest BCUT2D eigenvalue weighted by molar-refractivity contribution is 6.08. The fraction of sp³-hybridized carbons (Fsp3) is 0.480. The van der Waals surface area contributed by atoms with E-state index in [9.17, 15) is 4.79 Å². The van der Waals surface area contributed by atoms with E-state index in [1.165, 1.54) is 13.1 Å². The number of carbonyl (C=O) groups excluding carboxylic acids is 1. The van der Waals surface area contributed by atoms with Crippen molar-refractivity contribution in [2.24, 2.45) is 17.8 Å². The molecule has 1 N–H and O–H groups in total. The number of ether oxygens (including phenoxy) is 2. The van der Waals surface area contributed by atoms with Crippen molar-refractivity contribution >= 4 is 17.2 Å². The number of rotatable bonds is 6. The second kappa shape index (κ2) is 7.45. The predicted molar refractivity (Wildman–Crippen MR) is 124 cm³/mol. The number of nitrogens with one attached hydrogen (secondary N) is 1. The zero-order valence-electron chi connectivity index (χ0n) is 19.2.